The van der Waals surface area contributed by atoms with E-state index in [9.17, 15) is 0 Å². The summed E-state index contributed by atoms with van der Waals surface area (Å²) in [5, 5.41) is 5.72. The molecule has 0 amide bonds. The summed E-state index contributed by atoms with van der Waals surface area (Å²) in [5.41, 5.74) is 0. The lowest BCUT2D eigenvalue weighted by Gasteiger charge is -2.32. The van der Waals surface area contributed by atoms with Gasteiger partial charge in [-0.3, -0.25) is 4.90 Å². The Bertz CT molecular complexity index is 349. The van der Waals surface area contributed by atoms with Crippen molar-refractivity contribution in [1.82, 2.24) is 10.2 Å². The maximum atomic E-state index is 5.44. The SMILES string of the molecule is COCC(CNC(C)C)N(Cc1cccs1)C1CC1. The lowest BCUT2D eigenvalue weighted by molar-refractivity contribution is 0.0783. The Hall–Kier alpha value is -0.420. The molecule has 1 aliphatic carbocycles. The Morgan fingerprint density at radius 2 is 2.26 bits per heavy atom. The summed E-state index contributed by atoms with van der Waals surface area (Å²) in [6, 6.07) is 6.14. The molecule has 0 saturated heterocycles. The van der Waals surface area contributed by atoms with Crippen LogP contribution in [0.5, 0.6) is 0 Å². The Balaban J connectivity index is 1.96. The van der Waals surface area contributed by atoms with Crippen molar-refractivity contribution in [3.8, 4) is 0 Å². The largest absolute Gasteiger partial charge is 0.383 e. The maximum Gasteiger partial charge on any atom is 0.0630 e. The van der Waals surface area contributed by atoms with Crippen LogP contribution in [0, 0.1) is 0 Å². The van der Waals surface area contributed by atoms with Crippen molar-refractivity contribution in [3.05, 3.63) is 22.4 Å². The smallest absolute Gasteiger partial charge is 0.0630 e. The van der Waals surface area contributed by atoms with Crippen molar-refractivity contribution in [3.63, 3.8) is 0 Å². The van der Waals surface area contributed by atoms with Gasteiger partial charge in [0.2, 0.25) is 0 Å². The molecule has 1 aromatic rings. The van der Waals surface area contributed by atoms with Crippen molar-refractivity contribution < 1.29 is 4.74 Å². The summed E-state index contributed by atoms with van der Waals surface area (Å²) in [7, 11) is 1.80. The molecule has 2 rings (SSSR count). The lowest BCUT2D eigenvalue weighted by atomic mass is 10.2. The molecule has 1 fully saturated rings. The summed E-state index contributed by atoms with van der Waals surface area (Å²) in [6.45, 7) is 7.28. The lowest BCUT2D eigenvalue weighted by Crippen LogP contribution is -2.47. The zero-order valence-corrected chi connectivity index (χ0v) is 13.1. The van der Waals surface area contributed by atoms with E-state index in [-0.39, 0.29) is 0 Å². The van der Waals surface area contributed by atoms with E-state index in [2.05, 4.69) is 41.6 Å². The van der Waals surface area contributed by atoms with Crippen molar-refractivity contribution in [2.45, 2.75) is 51.4 Å². The van der Waals surface area contributed by atoms with Crippen LogP contribution in [0.2, 0.25) is 0 Å². The van der Waals surface area contributed by atoms with Crippen LogP contribution in [0.3, 0.4) is 0 Å². The van der Waals surface area contributed by atoms with E-state index in [1.54, 1.807) is 7.11 Å². The number of nitrogens with one attached hydrogen (secondary N) is 1. The second-order valence-electron chi connectivity index (χ2n) is 5.65. The van der Waals surface area contributed by atoms with E-state index in [1.807, 2.05) is 11.3 Å². The van der Waals surface area contributed by atoms with Crippen LogP contribution in [-0.2, 0) is 11.3 Å². The van der Waals surface area contributed by atoms with Crippen LogP contribution in [-0.4, -0.2) is 43.3 Å². The van der Waals surface area contributed by atoms with Gasteiger partial charge in [-0.25, -0.2) is 0 Å². The Morgan fingerprint density at radius 3 is 2.79 bits per heavy atom. The molecule has 0 aliphatic heterocycles. The van der Waals surface area contributed by atoms with Gasteiger partial charge in [-0.2, -0.15) is 0 Å². The maximum absolute atomic E-state index is 5.44. The van der Waals surface area contributed by atoms with Crippen LogP contribution in [0.15, 0.2) is 17.5 Å². The number of hydrogen-bond acceptors (Lipinski definition) is 4. The van der Waals surface area contributed by atoms with E-state index < -0.39 is 0 Å². The van der Waals surface area contributed by atoms with Gasteiger partial charge in [0.1, 0.15) is 0 Å². The van der Waals surface area contributed by atoms with Crippen molar-refractivity contribution in [2.24, 2.45) is 0 Å². The minimum atomic E-state index is 0.474. The van der Waals surface area contributed by atoms with Gasteiger partial charge in [0.15, 0.2) is 0 Å². The molecular formula is C15H26N2OS. The fourth-order valence-electron chi connectivity index (χ4n) is 2.38. The third-order valence-electron chi connectivity index (χ3n) is 3.52. The van der Waals surface area contributed by atoms with Gasteiger partial charge < -0.3 is 10.1 Å². The quantitative estimate of drug-likeness (QED) is 0.754. The minimum Gasteiger partial charge on any atom is -0.383 e. The number of hydrogen-bond donors (Lipinski definition) is 1. The molecule has 1 atom stereocenters. The summed E-state index contributed by atoms with van der Waals surface area (Å²) >= 11 is 1.85. The predicted octanol–water partition coefficient (Wildman–Crippen LogP) is 2.73. The Labute approximate surface area is 121 Å². The van der Waals surface area contributed by atoms with Crippen LogP contribution in [0.4, 0.5) is 0 Å². The Kier molecular flexibility index (Phi) is 5.82. The van der Waals surface area contributed by atoms with Crippen molar-refractivity contribution >= 4 is 11.3 Å². The number of ether oxygens (including phenoxy) is 1. The molecule has 0 aromatic carbocycles. The highest BCUT2D eigenvalue weighted by atomic mass is 32.1. The van der Waals surface area contributed by atoms with Gasteiger partial charge in [0.05, 0.1) is 6.61 Å². The molecule has 0 radical (unpaired) electrons. The second kappa shape index (κ2) is 7.39. The van der Waals surface area contributed by atoms with E-state index in [4.69, 9.17) is 4.74 Å². The first kappa shape index (κ1) is 15.0. The summed E-state index contributed by atoms with van der Waals surface area (Å²) in [5.74, 6) is 0. The van der Waals surface area contributed by atoms with Gasteiger partial charge in [-0.15, -0.1) is 11.3 Å². The Morgan fingerprint density at radius 1 is 1.47 bits per heavy atom. The van der Waals surface area contributed by atoms with E-state index >= 15 is 0 Å². The fourth-order valence-corrected chi connectivity index (χ4v) is 3.09. The molecule has 1 saturated carbocycles. The van der Waals surface area contributed by atoms with Crippen LogP contribution < -0.4 is 5.32 Å². The molecule has 1 heterocycles. The average Bonchev–Trinajstić information content (AvgIpc) is 3.09. The molecule has 0 spiro atoms. The number of rotatable bonds is 9. The molecule has 1 aliphatic rings. The van der Waals surface area contributed by atoms with E-state index in [1.165, 1.54) is 17.7 Å². The first-order chi connectivity index (χ1) is 9.20. The molecule has 108 valence electrons. The zero-order valence-electron chi connectivity index (χ0n) is 12.3. The van der Waals surface area contributed by atoms with E-state index in [0.29, 0.717) is 12.1 Å². The van der Waals surface area contributed by atoms with Crippen LogP contribution in [0.1, 0.15) is 31.6 Å². The first-order valence-electron chi connectivity index (χ1n) is 7.21. The molecule has 1 unspecified atom stereocenters. The van der Waals surface area contributed by atoms with Gasteiger partial charge >= 0.3 is 0 Å². The third kappa shape index (κ3) is 4.88. The molecule has 1 aromatic heterocycles. The van der Waals surface area contributed by atoms with Gasteiger partial charge in [-0.05, 0) is 24.3 Å². The summed E-state index contributed by atoms with van der Waals surface area (Å²) < 4.78 is 5.44. The van der Waals surface area contributed by atoms with Crippen LogP contribution in [0.25, 0.3) is 0 Å². The second-order valence-corrected chi connectivity index (χ2v) is 6.69. The van der Waals surface area contributed by atoms with Gasteiger partial charge in [-0.1, -0.05) is 19.9 Å². The van der Waals surface area contributed by atoms with Gasteiger partial charge in [0.25, 0.3) is 0 Å². The minimum absolute atomic E-state index is 0.474. The molecule has 19 heavy (non-hydrogen) atoms. The first-order valence-corrected chi connectivity index (χ1v) is 8.09. The number of nitrogens with zero attached hydrogens (tertiary/aromatic N) is 1. The molecule has 0 bridgehead atoms. The predicted molar refractivity (Wildman–Crippen MR) is 81.7 cm³/mol. The van der Waals surface area contributed by atoms with Crippen LogP contribution >= 0.6 is 11.3 Å². The van der Waals surface area contributed by atoms with Crippen molar-refractivity contribution in [1.29, 1.82) is 0 Å². The highest BCUT2D eigenvalue weighted by Gasteiger charge is 2.34. The van der Waals surface area contributed by atoms with Crippen molar-refractivity contribution in [2.75, 3.05) is 20.3 Å². The van der Waals surface area contributed by atoms with E-state index in [0.717, 1.165) is 25.7 Å². The third-order valence-corrected chi connectivity index (χ3v) is 4.39. The molecule has 4 heteroatoms. The molecular weight excluding hydrogens is 256 g/mol. The number of thiophene rings is 1. The standard InChI is InChI=1S/C15H26N2OS/c1-12(2)16-9-14(11-18-3)17(13-6-7-13)10-15-5-4-8-19-15/h4-5,8,12-14,16H,6-7,9-11H2,1-3H3. The number of methoxy groups -OCH3 is 1. The summed E-state index contributed by atoms with van der Waals surface area (Å²) in [6.07, 6.45) is 2.68. The normalized spacial score (nSPS) is 17.3. The highest BCUT2D eigenvalue weighted by Crippen LogP contribution is 2.31. The molecule has 1 N–H and O–H groups in total. The topological polar surface area (TPSA) is 24.5 Å². The van der Waals surface area contributed by atoms with Gasteiger partial charge in [0, 0.05) is 43.2 Å². The summed E-state index contributed by atoms with van der Waals surface area (Å²) in [4.78, 5) is 4.09. The average molecular weight is 282 g/mol. The fraction of sp³-hybridized carbons (Fsp3) is 0.733. The zero-order chi connectivity index (χ0) is 13.7. The monoisotopic (exact) mass is 282 g/mol. The molecule has 3 nitrogen and oxygen atoms in total. The highest BCUT2D eigenvalue weighted by molar-refractivity contribution is 7.09.